The molecule has 0 amide bonds. The van der Waals surface area contributed by atoms with Crippen molar-refractivity contribution in [3.8, 4) is 0 Å². The van der Waals surface area contributed by atoms with Crippen molar-refractivity contribution >= 4 is 25.7 Å². The quantitative estimate of drug-likeness (QED) is 0.0232. The third-order valence-electron chi connectivity index (χ3n) is 9.06. The summed E-state index contributed by atoms with van der Waals surface area (Å²) in [5, 5.41) is 11.2. The number of allylic oxidation sites excluding steroid dienone is 12. The molecule has 338 valence electrons. The van der Waals surface area contributed by atoms with Crippen molar-refractivity contribution in [3.05, 3.63) is 72.9 Å². The summed E-state index contributed by atoms with van der Waals surface area (Å²) in [5.41, 5.74) is 0. The van der Waals surface area contributed by atoms with Gasteiger partial charge >= 0.3 is 25.7 Å². The predicted octanol–water partition coefficient (Wildman–Crippen LogP) is 12.0. The SMILES string of the molecule is CC/C=C\C/C=C\C/C=C\C/C=C\C/C=C\C/C=C\CCC(=O)O[C@H](COC(=O)CCCCCCCCCCCCCCCCC)COP(=O)(O)OCCNCC(=O)O. The molecular formula is C47H80NO10P. The first-order valence-electron chi connectivity index (χ1n) is 22.5. The van der Waals surface area contributed by atoms with Crippen LogP contribution in [0.4, 0.5) is 0 Å². The molecule has 2 atom stereocenters. The van der Waals surface area contributed by atoms with Crippen LogP contribution in [0.2, 0.25) is 0 Å². The second-order valence-corrected chi connectivity index (χ2v) is 16.1. The Bertz CT molecular complexity index is 1260. The zero-order valence-electron chi connectivity index (χ0n) is 36.6. The van der Waals surface area contributed by atoms with Gasteiger partial charge in [0.1, 0.15) is 6.61 Å². The van der Waals surface area contributed by atoms with Gasteiger partial charge in [0.15, 0.2) is 6.10 Å². The molecule has 0 aromatic heterocycles. The number of hydrogen-bond donors (Lipinski definition) is 3. The Labute approximate surface area is 357 Å². The molecule has 0 aromatic carbocycles. The summed E-state index contributed by atoms with van der Waals surface area (Å²) in [6, 6.07) is 0. The molecule has 0 heterocycles. The van der Waals surface area contributed by atoms with Gasteiger partial charge < -0.3 is 24.8 Å². The van der Waals surface area contributed by atoms with Crippen molar-refractivity contribution < 1.29 is 47.5 Å². The molecule has 0 aliphatic rings. The minimum Gasteiger partial charge on any atom is -0.480 e. The molecule has 3 N–H and O–H groups in total. The van der Waals surface area contributed by atoms with Gasteiger partial charge in [-0.05, 0) is 51.4 Å². The fourth-order valence-electron chi connectivity index (χ4n) is 5.74. The van der Waals surface area contributed by atoms with E-state index in [0.717, 1.165) is 57.8 Å². The second-order valence-electron chi connectivity index (χ2n) is 14.6. The van der Waals surface area contributed by atoms with Crippen LogP contribution in [-0.4, -0.2) is 66.9 Å². The van der Waals surface area contributed by atoms with Crippen LogP contribution in [0.25, 0.3) is 0 Å². The molecule has 0 spiro atoms. The van der Waals surface area contributed by atoms with Crippen LogP contribution in [0.5, 0.6) is 0 Å². The number of hydrogen-bond acceptors (Lipinski definition) is 9. The Morgan fingerprint density at radius 1 is 0.576 bits per heavy atom. The maximum Gasteiger partial charge on any atom is 0.472 e. The lowest BCUT2D eigenvalue weighted by Gasteiger charge is -2.20. The van der Waals surface area contributed by atoms with E-state index in [2.05, 4.69) is 79.9 Å². The van der Waals surface area contributed by atoms with Gasteiger partial charge in [-0.1, -0.05) is 177 Å². The molecule has 1 unspecified atom stereocenters. The third kappa shape index (κ3) is 44.3. The van der Waals surface area contributed by atoms with Crippen molar-refractivity contribution in [3.63, 3.8) is 0 Å². The van der Waals surface area contributed by atoms with Crippen LogP contribution >= 0.6 is 7.82 Å². The molecule has 0 aromatic rings. The smallest absolute Gasteiger partial charge is 0.472 e. The number of esters is 2. The van der Waals surface area contributed by atoms with Gasteiger partial charge in [-0.15, -0.1) is 0 Å². The van der Waals surface area contributed by atoms with Crippen LogP contribution in [0.1, 0.15) is 168 Å². The molecule has 59 heavy (non-hydrogen) atoms. The number of carboxylic acid groups (broad SMARTS) is 1. The Hall–Kier alpha value is -3.08. The van der Waals surface area contributed by atoms with E-state index in [4.69, 9.17) is 23.6 Å². The molecule has 0 fully saturated rings. The lowest BCUT2D eigenvalue weighted by molar-refractivity contribution is -0.161. The van der Waals surface area contributed by atoms with Crippen LogP contribution in [-0.2, 0) is 37.5 Å². The highest BCUT2D eigenvalue weighted by Crippen LogP contribution is 2.43. The molecule has 0 rings (SSSR count). The van der Waals surface area contributed by atoms with Crippen molar-refractivity contribution in [1.82, 2.24) is 5.32 Å². The second kappa shape index (κ2) is 43.0. The average molecular weight is 850 g/mol. The number of ether oxygens (including phenoxy) is 2. The van der Waals surface area contributed by atoms with Gasteiger partial charge in [-0.3, -0.25) is 23.4 Å². The van der Waals surface area contributed by atoms with E-state index < -0.39 is 38.4 Å². The Balaban J connectivity index is 4.50. The summed E-state index contributed by atoms with van der Waals surface area (Å²) >= 11 is 0. The van der Waals surface area contributed by atoms with E-state index in [1.807, 2.05) is 12.2 Å². The molecule has 0 saturated carbocycles. The number of phosphoric ester groups is 1. The van der Waals surface area contributed by atoms with Crippen molar-refractivity contribution in [2.45, 2.75) is 174 Å². The van der Waals surface area contributed by atoms with Gasteiger partial charge in [-0.2, -0.15) is 0 Å². The molecule has 0 aliphatic carbocycles. The zero-order valence-corrected chi connectivity index (χ0v) is 37.5. The van der Waals surface area contributed by atoms with Gasteiger partial charge in [-0.25, -0.2) is 4.57 Å². The van der Waals surface area contributed by atoms with Gasteiger partial charge in [0.05, 0.1) is 19.8 Å². The minimum absolute atomic E-state index is 0.00411. The fraction of sp³-hybridized carbons (Fsp3) is 0.681. The molecular weight excluding hydrogens is 769 g/mol. The number of nitrogens with one attached hydrogen (secondary N) is 1. The Kier molecular flexibility index (Phi) is 40.8. The summed E-state index contributed by atoms with van der Waals surface area (Å²) in [4.78, 5) is 45.8. The van der Waals surface area contributed by atoms with Gasteiger partial charge in [0.25, 0.3) is 0 Å². The summed E-state index contributed by atoms with van der Waals surface area (Å²) in [5.74, 6) is -2.08. The number of rotatable bonds is 42. The monoisotopic (exact) mass is 850 g/mol. The topological polar surface area (TPSA) is 158 Å². The van der Waals surface area contributed by atoms with E-state index in [1.54, 1.807) is 0 Å². The molecule has 0 saturated heterocycles. The van der Waals surface area contributed by atoms with Crippen molar-refractivity contribution in [1.29, 1.82) is 0 Å². The number of unbranched alkanes of at least 4 members (excludes halogenated alkanes) is 14. The molecule has 0 aliphatic heterocycles. The van der Waals surface area contributed by atoms with Gasteiger partial charge in [0, 0.05) is 19.4 Å². The molecule has 12 heteroatoms. The summed E-state index contributed by atoms with van der Waals surface area (Å²) in [6.45, 7) is 2.90. The summed E-state index contributed by atoms with van der Waals surface area (Å²) in [6.07, 6.45) is 48.8. The lowest BCUT2D eigenvalue weighted by atomic mass is 10.0. The van der Waals surface area contributed by atoms with Crippen LogP contribution in [0, 0.1) is 0 Å². The highest BCUT2D eigenvalue weighted by atomic mass is 31.2. The highest BCUT2D eigenvalue weighted by molar-refractivity contribution is 7.47. The standard InChI is InChI=1S/C47H80NO10P/c1-3-5-7-9-11-13-15-17-19-20-21-22-24-26-28-30-32-34-36-38-47(52)58-44(43-57-59(53,54)56-40-39-48-41-45(49)50)42-55-46(51)37-35-33-31-29-27-25-23-18-16-14-12-10-8-6-4-2/h5,7,11,13,17,19,21-22,26,28,32,34,44,48H,3-4,6,8-10,12,14-16,18,20,23-25,27,29-31,33,35-43H2,1-2H3,(H,49,50)(H,53,54)/b7-5-,13-11-,19-17-,22-21-,28-26-,34-32-/t44-/m1/s1. The number of carbonyl (C=O) groups excluding carboxylic acids is 2. The largest absolute Gasteiger partial charge is 0.480 e. The highest BCUT2D eigenvalue weighted by Gasteiger charge is 2.26. The van der Waals surface area contributed by atoms with E-state index in [9.17, 15) is 23.8 Å². The average Bonchev–Trinajstić information content (AvgIpc) is 3.21. The maximum atomic E-state index is 12.6. The predicted molar refractivity (Wildman–Crippen MR) is 240 cm³/mol. The number of carboxylic acids is 1. The van der Waals surface area contributed by atoms with Crippen LogP contribution < -0.4 is 5.32 Å². The molecule has 11 nitrogen and oxygen atoms in total. The van der Waals surface area contributed by atoms with Crippen molar-refractivity contribution in [2.24, 2.45) is 0 Å². The Morgan fingerprint density at radius 3 is 1.51 bits per heavy atom. The first-order valence-corrected chi connectivity index (χ1v) is 24.0. The summed E-state index contributed by atoms with van der Waals surface area (Å²) in [7, 11) is -4.55. The van der Waals surface area contributed by atoms with Gasteiger partial charge in [0.2, 0.25) is 0 Å². The van der Waals surface area contributed by atoms with Crippen LogP contribution in [0.15, 0.2) is 72.9 Å². The third-order valence-corrected chi connectivity index (χ3v) is 10.0. The van der Waals surface area contributed by atoms with E-state index in [0.29, 0.717) is 12.8 Å². The number of phosphoric acid groups is 1. The fourth-order valence-corrected chi connectivity index (χ4v) is 6.49. The number of carbonyl (C=O) groups is 3. The van der Waals surface area contributed by atoms with E-state index in [1.165, 1.54) is 70.6 Å². The lowest BCUT2D eigenvalue weighted by Crippen LogP contribution is -2.30. The van der Waals surface area contributed by atoms with E-state index in [-0.39, 0.29) is 39.1 Å². The minimum atomic E-state index is -4.55. The Morgan fingerprint density at radius 2 is 1.03 bits per heavy atom. The molecule has 0 radical (unpaired) electrons. The van der Waals surface area contributed by atoms with Crippen molar-refractivity contribution in [2.75, 3.05) is 32.9 Å². The molecule has 0 bridgehead atoms. The van der Waals surface area contributed by atoms with E-state index >= 15 is 0 Å². The first kappa shape index (κ1) is 55.9. The zero-order chi connectivity index (χ0) is 43.3. The van der Waals surface area contributed by atoms with Crippen LogP contribution in [0.3, 0.4) is 0 Å². The summed E-state index contributed by atoms with van der Waals surface area (Å²) < 4.78 is 33.1. The maximum absolute atomic E-state index is 12.6. The normalized spacial score (nSPS) is 13.8. The number of aliphatic carboxylic acids is 1. The first-order chi connectivity index (χ1) is 28.7.